The van der Waals surface area contributed by atoms with Gasteiger partial charge < -0.3 is 10.6 Å². The summed E-state index contributed by atoms with van der Waals surface area (Å²) >= 11 is 0. The summed E-state index contributed by atoms with van der Waals surface area (Å²) in [7, 11) is 0. The molecule has 1 aliphatic heterocycles. The van der Waals surface area contributed by atoms with Crippen molar-refractivity contribution in [2.75, 3.05) is 19.6 Å². The van der Waals surface area contributed by atoms with Crippen LogP contribution in [0.15, 0.2) is 0 Å². The number of Topliss-reactive ketones (excluding diaryl/α,β-unsaturated/α-hetero) is 1. The zero-order valence-electron chi connectivity index (χ0n) is 9.38. The third-order valence-corrected chi connectivity index (χ3v) is 2.37. The van der Waals surface area contributed by atoms with E-state index in [-0.39, 0.29) is 51.4 Å². The molecule has 1 saturated heterocycles. The maximum atomic E-state index is 10.9. The number of ketones is 1. The zero-order chi connectivity index (χ0) is 9.52. The van der Waals surface area contributed by atoms with E-state index in [0.717, 1.165) is 19.5 Å². The average Bonchev–Trinajstić information content (AvgIpc) is 2.51. The third kappa shape index (κ3) is 6.66. The van der Waals surface area contributed by atoms with Crippen molar-refractivity contribution in [3.63, 3.8) is 0 Å². The number of carbonyl (C=O) groups excluding carboxylic acids is 1. The van der Waals surface area contributed by atoms with Crippen molar-refractivity contribution in [1.29, 1.82) is 0 Å². The fourth-order valence-electron chi connectivity index (χ4n) is 1.51. The molecule has 14 heavy (non-hydrogen) atoms. The van der Waals surface area contributed by atoms with Crippen LogP contribution in [0.1, 0.15) is 32.6 Å². The van der Waals surface area contributed by atoms with E-state index in [1.54, 1.807) is 0 Å². The number of nitrogens with zero attached hydrogens (tertiary/aromatic N) is 1. The second-order valence-electron chi connectivity index (χ2n) is 3.63. The summed E-state index contributed by atoms with van der Waals surface area (Å²) < 4.78 is 0. The molecule has 0 aromatic carbocycles. The van der Waals surface area contributed by atoms with E-state index in [9.17, 15) is 4.79 Å². The van der Waals surface area contributed by atoms with Crippen LogP contribution in [-0.4, -0.2) is 31.5 Å². The first-order valence-electron chi connectivity index (χ1n) is 5.21. The molecular weight excluding hydrogens is 203 g/mol. The molecule has 1 heterocycles. The van der Waals surface area contributed by atoms with Gasteiger partial charge in [-0.15, -0.1) is 13.1 Å². The van der Waals surface area contributed by atoms with Crippen LogP contribution in [0.3, 0.4) is 0 Å². The van der Waals surface area contributed by atoms with Crippen molar-refractivity contribution in [1.82, 2.24) is 5.32 Å². The number of rotatable bonds is 6. The maximum absolute atomic E-state index is 10.9. The minimum absolute atomic E-state index is 0. The predicted molar refractivity (Wildman–Crippen MR) is 54.0 cm³/mol. The van der Waals surface area contributed by atoms with Crippen LogP contribution in [0, 0.1) is 0 Å². The van der Waals surface area contributed by atoms with E-state index in [1.807, 2.05) is 0 Å². The van der Waals surface area contributed by atoms with Crippen LogP contribution >= 0.6 is 0 Å². The Morgan fingerprint density at radius 2 is 2.29 bits per heavy atom. The van der Waals surface area contributed by atoms with Gasteiger partial charge in [-0.25, -0.2) is 0 Å². The molecule has 0 spiro atoms. The smallest absolute Gasteiger partial charge is 0.662 e. The Bertz CT molecular complexity index is 164. The van der Waals surface area contributed by atoms with Gasteiger partial charge in [0.2, 0.25) is 0 Å². The Morgan fingerprint density at radius 1 is 1.50 bits per heavy atom. The minimum Gasteiger partial charge on any atom is -0.662 e. The van der Waals surface area contributed by atoms with E-state index in [1.165, 1.54) is 12.8 Å². The molecule has 1 rings (SSSR count). The maximum Gasteiger partial charge on any atom is 1.00 e. The number of hydrogen-bond donors (Lipinski definition) is 1. The number of carbonyl (C=O) groups is 1. The molecule has 1 unspecified atom stereocenters. The monoisotopic (exact) mass is 222 g/mol. The molecule has 0 bridgehead atoms. The quantitative estimate of drug-likeness (QED) is 0.438. The minimum atomic E-state index is 0. The zero-order valence-corrected chi connectivity index (χ0v) is 12.5. The van der Waals surface area contributed by atoms with Crippen molar-refractivity contribution < 1.29 is 56.2 Å². The Hall–Kier alpha value is 1.23. The van der Waals surface area contributed by atoms with Gasteiger partial charge in [0.15, 0.2) is 0 Å². The molecular formula is C10H19KN2O. The molecule has 0 amide bonds. The van der Waals surface area contributed by atoms with Crippen molar-refractivity contribution in [3.05, 3.63) is 5.32 Å². The van der Waals surface area contributed by atoms with Crippen LogP contribution < -0.4 is 56.7 Å². The summed E-state index contributed by atoms with van der Waals surface area (Å²) in [6, 6.07) is 0.401. The molecule has 76 valence electrons. The summed E-state index contributed by atoms with van der Waals surface area (Å²) in [6.45, 7) is 4.63. The van der Waals surface area contributed by atoms with Crippen LogP contribution in [0.2, 0.25) is 0 Å². The van der Waals surface area contributed by atoms with E-state index >= 15 is 0 Å². The van der Waals surface area contributed by atoms with Crippen LogP contribution in [-0.2, 0) is 4.79 Å². The molecule has 1 atom stereocenters. The van der Waals surface area contributed by atoms with Gasteiger partial charge in [-0.2, -0.15) is 0 Å². The van der Waals surface area contributed by atoms with Gasteiger partial charge in [0.25, 0.3) is 0 Å². The Balaban J connectivity index is 0.00000169. The van der Waals surface area contributed by atoms with Crippen LogP contribution in [0.5, 0.6) is 0 Å². The predicted octanol–water partition coefficient (Wildman–Crippen LogP) is -1.51. The van der Waals surface area contributed by atoms with Crippen molar-refractivity contribution >= 4 is 5.78 Å². The third-order valence-electron chi connectivity index (χ3n) is 2.37. The number of nitrogens with one attached hydrogen (secondary N) is 1. The van der Waals surface area contributed by atoms with Crippen LogP contribution in [0.25, 0.3) is 5.32 Å². The molecule has 0 saturated carbocycles. The largest absolute Gasteiger partial charge is 1.00 e. The van der Waals surface area contributed by atoms with Crippen LogP contribution in [0.4, 0.5) is 0 Å². The van der Waals surface area contributed by atoms with Gasteiger partial charge in [-0.3, -0.25) is 4.79 Å². The molecule has 1 N–H and O–H groups in total. The number of hydrogen-bond acceptors (Lipinski definition) is 2. The van der Waals surface area contributed by atoms with Gasteiger partial charge in [0.1, 0.15) is 5.78 Å². The molecule has 0 radical (unpaired) electrons. The molecule has 3 nitrogen and oxygen atoms in total. The molecule has 0 aromatic rings. The topological polar surface area (TPSA) is 43.2 Å². The van der Waals surface area contributed by atoms with E-state index in [2.05, 4.69) is 17.6 Å². The summed E-state index contributed by atoms with van der Waals surface area (Å²) in [5, 5.41) is 7.59. The first kappa shape index (κ1) is 15.2. The van der Waals surface area contributed by atoms with Crippen molar-refractivity contribution in [2.45, 2.75) is 38.6 Å². The molecule has 0 aromatic heterocycles. The number of unbranched alkanes of at least 4 members (excludes halogenated alkanes) is 1. The standard InChI is InChI=1S/C10H19N2O.K/c1-2-3-5-11-6-4-9-7-10(13)8-12-9;/h9,12H,2-8H2,1H3;/q-1;+1. The first-order valence-corrected chi connectivity index (χ1v) is 5.21. The van der Waals surface area contributed by atoms with Gasteiger partial charge in [0.05, 0.1) is 6.54 Å². The van der Waals surface area contributed by atoms with Gasteiger partial charge in [-0.05, 0) is 0 Å². The molecule has 1 fully saturated rings. The van der Waals surface area contributed by atoms with Gasteiger partial charge >= 0.3 is 51.4 Å². The molecule has 1 aliphatic rings. The Morgan fingerprint density at radius 3 is 2.86 bits per heavy atom. The fraction of sp³-hybridized carbons (Fsp3) is 0.900. The SMILES string of the molecule is CCCC[N-]CCC1CC(=O)CN1.[K+]. The van der Waals surface area contributed by atoms with E-state index in [0.29, 0.717) is 24.8 Å². The summed E-state index contributed by atoms with van der Waals surface area (Å²) in [6.07, 6.45) is 4.14. The van der Waals surface area contributed by atoms with Crippen molar-refractivity contribution in [3.8, 4) is 0 Å². The van der Waals surface area contributed by atoms with E-state index < -0.39 is 0 Å². The van der Waals surface area contributed by atoms with E-state index in [4.69, 9.17) is 0 Å². The molecule has 0 aliphatic carbocycles. The second kappa shape index (κ2) is 9.45. The summed E-state index contributed by atoms with van der Waals surface area (Å²) in [5.74, 6) is 0.346. The summed E-state index contributed by atoms with van der Waals surface area (Å²) in [4.78, 5) is 10.9. The van der Waals surface area contributed by atoms with Gasteiger partial charge in [0, 0.05) is 12.5 Å². The average molecular weight is 222 g/mol. The normalized spacial score (nSPS) is 20.9. The Labute approximate surface area is 129 Å². The van der Waals surface area contributed by atoms with Crippen molar-refractivity contribution in [2.24, 2.45) is 0 Å². The van der Waals surface area contributed by atoms with Gasteiger partial charge in [-0.1, -0.05) is 26.2 Å². The summed E-state index contributed by atoms with van der Waals surface area (Å²) in [5.41, 5.74) is 0. The molecule has 4 heteroatoms. The fourth-order valence-corrected chi connectivity index (χ4v) is 1.51. The Kier molecular flexibility index (Phi) is 10.3. The second-order valence-corrected chi connectivity index (χ2v) is 3.63. The first-order chi connectivity index (χ1) is 6.33.